The molecule has 1 aliphatic rings. The van der Waals surface area contributed by atoms with E-state index in [4.69, 9.17) is 0 Å². The molecule has 1 fully saturated rings. The summed E-state index contributed by atoms with van der Waals surface area (Å²) in [6.07, 6.45) is 2.74. The van der Waals surface area contributed by atoms with Gasteiger partial charge in [0.1, 0.15) is 0 Å². The van der Waals surface area contributed by atoms with Crippen molar-refractivity contribution in [2.45, 2.75) is 25.8 Å². The Morgan fingerprint density at radius 2 is 1.88 bits per heavy atom. The van der Waals surface area contributed by atoms with E-state index in [9.17, 15) is 0 Å². The molecule has 1 saturated carbocycles. The van der Waals surface area contributed by atoms with Gasteiger partial charge in [0, 0.05) is 6.04 Å². The van der Waals surface area contributed by atoms with Gasteiger partial charge in [-0.1, -0.05) is 36.4 Å². The monoisotopic (exact) mass is 225 g/mol. The molecule has 1 nitrogen and oxygen atoms in total. The maximum atomic E-state index is 3.51. The topological polar surface area (TPSA) is 12.0 Å². The molecule has 0 amide bonds. The van der Waals surface area contributed by atoms with Gasteiger partial charge in [-0.05, 0) is 54.6 Å². The average Bonchev–Trinajstić information content (AvgIpc) is 3.17. The normalized spacial score (nSPS) is 17.3. The summed E-state index contributed by atoms with van der Waals surface area (Å²) < 4.78 is 0. The molecular weight excluding hydrogens is 206 g/mol. The molecule has 0 spiro atoms. The maximum absolute atomic E-state index is 3.51. The van der Waals surface area contributed by atoms with E-state index in [1.54, 1.807) is 0 Å². The van der Waals surface area contributed by atoms with Crippen LogP contribution in [0.2, 0.25) is 0 Å². The predicted molar refractivity (Wildman–Crippen MR) is 73.2 cm³/mol. The Labute approximate surface area is 103 Å². The first-order chi connectivity index (χ1) is 8.31. The molecule has 17 heavy (non-hydrogen) atoms. The third kappa shape index (κ3) is 1.85. The van der Waals surface area contributed by atoms with Crippen LogP contribution < -0.4 is 5.32 Å². The number of hydrogen-bond donors (Lipinski definition) is 1. The molecule has 0 aliphatic heterocycles. The van der Waals surface area contributed by atoms with E-state index in [0.29, 0.717) is 6.04 Å². The van der Waals surface area contributed by atoms with Crippen LogP contribution in [0, 0.1) is 12.8 Å². The van der Waals surface area contributed by atoms with Crippen molar-refractivity contribution in [1.29, 1.82) is 0 Å². The molecule has 0 saturated heterocycles. The van der Waals surface area contributed by atoms with Gasteiger partial charge < -0.3 is 5.32 Å². The molecule has 0 radical (unpaired) electrons. The minimum atomic E-state index is 0.529. The summed E-state index contributed by atoms with van der Waals surface area (Å²) in [6.45, 7) is 2.23. The summed E-state index contributed by atoms with van der Waals surface area (Å²) in [6, 6.07) is 13.7. The van der Waals surface area contributed by atoms with Gasteiger partial charge in [0.15, 0.2) is 0 Å². The molecule has 2 aromatic carbocycles. The van der Waals surface area contributed by atoms with Crippen LogP contribution in [-0.2, 0) is 0 Å². The standard InChI is InChI=1S/C16H19N/c1-11-7-8-12-5-3-4-6-14(12)15(11)16(17-2)13-9-10-13/h3-8,13,16-17H,9-10H2,1-2H3. The lowest BCUT2D eigenvalue weighted by Crippen LogP contribution is -2.19. The van der Waals surface area contributed by atoms with Crippen LogP contribution in [0.5, 0.6) is 0 Å². The first-order valence-electron chi connectivity index (χ1n) is 6.47. The van der Waals surface area contributed by atoms with Gasteiger partial charge in [-0.2, -0.15) is 0 Å². The van der Waals surface area contributed by atoms with Crippen LogP contribution in [0.1, 0.15) is 30.0 Å². The second-order valence-electron chi connectivity index (χ2n) is 5.12. The zero-order valence-electron chi connectivity index (χ0n) is 10.5. The average molecular weight is 225 g/mol. The SMILES string of the molecule is CNC(c1c(C)ccc2ccccc12)C1CC1. The van der Waals surface area contributed by atoms with E-state index >= 15 is 0 Å². The first-order valence-corrected chi connectivity index (χ1v) is 6.47. The van der Waals surface area contributed by atoms with E-state index in [1.165, 1.54) is 34.7 Å². The summed E-state index contributed by atoms with van der Waals surface area (Å²) in [7, 11) is 2.09. The van der Waals surface area contributed by atoms with Crippen molar-refractivity contribution in [3.63, 3.8) is 0 Å². The van der Waals surface area contributed by atoms with Crippen molar-refractivity contribution in [2.75, 3.05) is 7.05 Å². The number of nitrogens with one attached hydrogen (secondary N) is 1. The molecule has 1 atom stereocenters. The molecule has 1 heteroatoms. The molecule has 1 aliphatic carbocycles. The zero-order valence-corrected chi connectivity index (χ0v) is 10.5. The van der Waals surface area contributed by atoms with E-state index < -0.39 is 0 Å². The second kappa shape index (κ2) is 4.15. The van der Waals surface area contributed by atoms with Crippen LogP contribution in [-0.4, -0.2) is 7.05 Å². The van der Waals surface area contributed by atoms with Crippen molar-refractivity contribution in [1.82, 2.24) is 5.32 Å². The molecule has 0 heterocycles. The van der Waals surface area contributed by atoms with Crippen molar-refractivity contribution >= 4 is 10.8 Å². The highest BCUT2D eigenvalue weighted by molar-refractivity contribution is 5.87. The quantitative estimate of drug-likeness (QED) is 0.837. The second-order valence-corrected chi connectivity index (χ2v) is 5.12. The largest absolute Gasteiger partial charge is 0.313 e. The smallest absolute Gasteiger partial charge is 0.0354 e. The molecule has 1 unspecified atom stereocenters. The number of aryl methyl sites for hydroxylation is 1. The molecule has 0 bridgehead atoms. The van der Waals surface area contributed by atoms with Gasteiger partial charge >= 0.3 is 0 Å². The van der Waals surface area contributed by atoms with Crippen molar-refractivity contribution in [3.8, 4) is 0 Å². The Hall–Kier alpha value is -1.34. The fourth-order valence-corrected chi connectivity index (χ4v) is 2.86. The van der Waals surface area contributed by atoms with Crippen LogP contribution in [0.25, 0.3) is 10.8 Å². The van der Waals surface area contributed by atoms with Crippen molar-refractivity contribution in [2.24, 2.45) is 5.92 Å². The highest BCUT2D eigenvalue weighted by Gasteiger charge is 2.32. The Balaban J connectivity index is 2.21. The van der Waals surface area contributed by atoms with Crippen molar-refractivity contribution in [3.05, 3.63) is 47.5 Å². The Bertz CT molecular complexity index is 540. The summed E-state index contributed by atoms with van der Waals surface area (Å²) in [5.74, 6) is 0.838. The number of hydrogen-bond acceptors (Lipinski definition) is 1. The van der Waals surface area contributed by atoms with Gasteiger partial charge in [0.25, 0.3) is 0 Å². The maximum Gasteiger partial charge on any atom is 0.0354 e. The molecule has 88 valence electrons. The summed E-state index contributed by atoms with van der Waals surface area (Å²) in [5.41, 5.74) is 2.92. The lowest BCUT2D eigenvalue weighted by atomic mass is 9.92. The fourth-order valence-electron chi connectivity index (χ4n) is 2.86. The van der Waals surface area contributed by atoms with Crippen LogP contribution in [0.3, 0.4) is 0 Å². The molecular formula is C16H19N. The third-order valence-electron chi connectivity index (χ3n) is 3.90. The Kier molecular flexibility index (Phi) is 2.64. The van der Waals surface area contributed by atoms with Gasteiger partial charge in [0.2, 0.25) is 0 Å². The van der Waals surface area contributed by atoms with Gasteiger partial charge in [0.05, 0.1) is 0 Å². The minimum Gasteiger partial charge on any atom is -0.313 e. The lowest BCUT2D eigenvalue weighted by Gasteiger charge is -2.20. The molecule has 3 rings (SSSR count). The molecule has 1 N–H and O–H groups in total. The number of benzene rings is 2. The Morgan fingerprint density at radius 1 is 1.12 bits per heavy atom. The van der Waals surface area contributed by atoms with E-state index in [0.717, 1.165) is 5.92 Å². The predicted octanol–water partition coefficient (Wildman–Crippen LogP) is 3.82. The van der Waals surface area contributed by atoms with Crippen LogP contribution >= 0.6 is 0 Å². The van der Waals surface area contributed by atoms with E-state index in [1.807, 2.05) is 0 Å². The van der Waals surface area contributed by atoms with Crippen LogP contribution in [0.4, 0.5) is 0 Å². The van der Waals surface area contributed by atoms with Gasteiger partial charge in [-0.3, -0.25) is 0 Å². The van der Waals surface area contributed by atoms with E-state index in [-0.39, 0.29) is 0 Å². The fraction of sp³-hybridized carbons (Fsp3) is 0.375. The molecule has 2 aromatic rings. The van der Waals surface area contributed by atoms with Crippen LogP contribution in [0.15, 0.2) is 36.4 Å². The van der Waals surface area contributed by atoms with E-state index in [2.05, 4.69) is 55.7 Å². The lowest BCUT2D eigenvalue weighted by molar-refractivity contribution is 0.530. The van der Waals surface area contributed by atoms with Gasteiger partial charge in [-0.25, -0.2) is 0 Å². The first kappa shape index (κ1) is 10.8. The molecule has 0 aromatic heterocycles. The summed E-state index contributed by atoms with van der Waals surface area (Å²) in [4.78, 5) is 0. The highest BCUT2D eigenvalue weighted by Crippen LogP contribution is 2.43. The summed E-state index contributed by atoms with van der Waals surface area (Å²) in [5, 5.41) is 6.28. The summed E-state index contributed by atoms with van der Waals surface area (Å²) >= 11 is 0. The zero-order chi connectivity index (χ0) is 11.8. The highest BCUT2D eigenvalue weighted by atomic mass is 14.9. The third-order valence-corrected chi connectivity index (χ3v) is 3.90. The van der Waals surface area contributed by atoms with Crippen molar-refractivity contribution < 1.29 is 0 Å². The minimum absolute atomic E-state index is 0.529. The number of rotatable bonds is 3. The van der Waals surface area contributed by atoms with Gasteiger partial charge in [-0.15, -0.1) is 0 Å². The Morgan fingerprint density at radius 3 is 2.59 bits per heavy atom. The number of fused-ring (bicyclic) bond motifs is 1.